The molecule has 1 aromatic heterocycles. The van der Waals surface area contributed by atoms with Gasteiger partial charge in [-0.15, -0.1) is 0 Å². The van der Waals surface area contributed by atoms with Crippen molar-refractivity contribution in [3.63, 3.8) is 0 Å². The second-order valence-electron chi connectivity index (χ2n) is 5.75. The third-order valence-corrected chi connectivity index (χ3v) is 4.38. The van der Waals surface area contributed by atoms with Gasteiger partial charge in [-0.1, -0.05) is 18.9 Å². The minimum atomic E-state index is -1.02. The number of aromatic nitrogens is 1. The number of nitrogens with one attached hydrogen (secondary N) is 1. The lowest BCUT2D eigenvalue weighted by atomic mass is 10.0. The van der Waals surface area contributed by atoms with Crippen molar-refractivity contribution in [1.29, 1.82) is 0 Å². The molecule has 2 atom stereocenters. The normalized spacial score (nSPS) is 27.1. The summed E-state index contributed by atoms with van der Waals surface area (Å²) >= 11 is 0. The summed E-state index contributed by atoms with van der Waals surface area (Å²) in [6.45, 7) is 0. The van der Waals surface area contributed by atoms with Crippen LogP contribution in [0.15, 0.2) is 24.3 Å². The highest BCUT2D eigenvalue weighted by molar-refractivity contribution is 5.94. The van der Waals surface area contributed by atoms with Gasteiger partial charge in [-0.25, -0.2) is 9.78 Å². The Labute approximate surface area is 123 Å². The van der Waals surface area contributed by atoms with E-state index in [2.05, 4.69) is 10.3 Å². The molecule has 5 nitrogen and oxygen atoms in total. The first-order valence-electron chi connectivity index (χ1n) is 7.34. The zero-order chi connectivity index (χ0) is 14.8. The molecule has 2 unspecified atom stereocenters. The Morgan fingerprint density at radius 3 is 2.62 bits per heavy atom. The molecule has 2 aliphatic rings. The van der Waals surface area contributed by atoms with Gasteiger partial charge >= 0.3 is 5.97 Å². The summed E-state index contributed by atoms with van der Waals surface area (Å²) in [5.74, 6) is 0.790. The number of amides is 1. The molecule has 0 spiro atoms. The fourth-order valence-electron chi connectivity index (χ4n) is 3.36. The summed E-state index contributed by atoms with van der Waals surface area (Å²) in [6.07, 6.45) is 7.24. The number of carbonyl (C=O) groups excluding carboxylic acids is 1. The van der Waals surface area contributed by atoms with Crippen LogP contribution in [0.4, 0.5) is 5.82 Å². The SMILES string of the molecule is O=C(O)/C=C/c1cccc(NC(=O)C2C3CCCCC32)n1. The maximum Gasteiger partial charge on any atom is 0.328 e. The number of anilines is 1. The molecule has 0 bridgehead atoms. The van der Waals surface area contributed by atoms with Crippen molar-refractivity contribution in [2.45, 2.75) is 25.7 Å². The van der Waals surface area contributed by atoms with Crippen LogP contribution < -0.4 is 5.32 Å². The van der Waals surface area contributed by atoms with Crippen LogP contribution in [-0.2, 0) is 9.59 Å². The largest absolute Gasteiger partial charge is 0.478 e. The first-order chi connectivity index (χ1) is 10.1. The van der Waals surface area contributed by atoms with E-state index in [9.17, 15) is 9.59 Å². The second-order valence-corrected chi connectivity index (χ2v) is 5.75. The number of carboxylic acids is 1. The van der Waals surface area contributed by atoms with Crippen molar-refractivity contribution in [3.05, 3.63) is 30.0 Å². The van der Waals surface area contributed by atoms with Gasteiger partial charge < -0.3 is 10.4 Å². The van der Waals surface area contributed by atoms with Crippen LogP contribution in [-0.4, -0.2) is 22.0 Å². The standard InChI is InChI=1S/C16H18N2O3/c19-14(20)9-8-10-4-3-7-13(17-10)18-16(21)15-11-5-1-2-6-12(11)15/h3-4,7-9,11-12,15H,1-2,5-6H2,(H,19,20)(H,17,18,21)/b9-8+. The van der Waals surface area contributed by atoms with E-state index in [1.54, 1.807) is 18.2 Å². The van der Waals surface area contributed by atoms with E-state index >= 15 is 0 Å². The average molecular weight is 286 g/mol. The molecule has 0 radical (unpaired) electrons. The lowest BCUT2D eigenvalue weighted by Crippen LogP contribution is -2.16. The van der Waals surface area contributed by atoms with E-state index in [1.807, 2.05) is 0 Å². The summed E-state index contributed by atoms with van der Waals surface area (Å²) in [7, 11) is 0. The molecule has 3 rings (SSSR count). The molecule has 1 amide bonds. The summed E-state index contributed by atoms with van der Waals surface area (Å²) < 4.78 is 0. The quantitative estimate of drug-likeness (QED) is 0.834. The van der Waals surface area contributed by atoms with Crippen molar-refractivity contribution >= 4 is 23.8 Å². The number of carbonyl (C=O) groups is 2. The Hall–Kier alpha value is -2.17. The smallest absolute Gasteiger partial charge is 0.328 e. The molecule has 2 N–H and O–H groups in total. The van der Waals surface area contributed by atoms with Crippen molar-refractivity contribution in [2.75, 3.05) is 5.32 Å². The number of carboxylic acid groups (broad SMARTS) is 1. The molecule has 1 aromatic rings. The van der Waals surface area contributed by atoms with Gasteiger partial charge in [0.2, 0.25) is 5.91 Å². The summed E-state index contributed by atoms with van der Waals surface area (Å²) in [5.41, 5.74) is 0.517. The van der Waals surface area contributed by atoms with Gasteiger partial charge in [-0.2, -0.15) is 0 Å². The molecule has 21 heavy (non-hydrogen) atoms. The Bertz CT molecular complexity index is 585. The topological polar surface area (TPSA) is 79.3 Å². The number of hydrogen-bond acceptors (Lipinski definition) is 3. The molecule has 0 aliphatic heterocycles. The summed E-state index contributed by atoms with van der Waals surface area (Å²) in [4.78, 5) is 27.0. The van der Waals surface area contributed by atoms with E-state index in [0.29, 0.717) is 23.3 Å². The zero-order valence-corrected chi connectivity index (χ0v) is 11.7. The van der Waals surface area contributed by atoms with Crippen molar-refractivity contribution in [1.82, 2.24) is 4.98 Å². The Balaban J connectivity index is 1.64. The van der Waals surface area contributed by atoms with Crippen molar-refractivity contribution in [3.8, 4) is 0 Å². The first kappa shape index (κ1) is 13.8. The van der Waals surface area contributed by atoms with E-state index in [1.165, 1.54) is 18.9 Å². The molecule has 2 aliphatic carbocycles. The van der Waals surface area contributed by atoms with Gasteiger partial charge in [-0.3, -0.25) is 4.79 Å². The molecule has 2 fully saturated rings. The lowest BCUT2D eigenvalue weighted by Gasteiger charge is -2.04. The monoisotopic (exact) mass is 286 g/mol. The van der Waals surface area contributed by atoms with E-state index in [0.717, 1.165) is 18.9 Å². The van der Waals surface area contributed by atoms with Crippen LogP contribution in [0, 0.1) is 17.8 Å². The molecule has 2 saturated carbocycles. The van der Waals surface area contributed by atoms with Crippen molar-refractivity contribution in [2.24, 2.45) is 17.8 Å². The number of hydrogen-bond donors (Lipinski definition) is 2. The number of aliphatic carboxylic acids is 1. The minimum Gasteiger partial charge on any atom is -0.478 e. The molecule has 5 heteroatoms. The highest BCUT2D eigenvalue weighted by atomic mass is 16.4. The first-order valence-corrected chi connectivity index (χ1v) is 7.34. The average Bonchev–Trinajstić information content (AvgIpc) is 3.20. The second kappa shape index (κ2) is 5.68. The molecular weight excluding hydrogens is 268 g/mol. The number of pyridine rings is 1. The highest BCUT2D eigenvalue weighted by Gasteiger charge is 2.54. The fraction of sp³-hybridized carbons (Fsp3) is 0.438. The Morgan fingerprint density at radius 1 is 1.24 bits per heavy atom. The number of fused-ring (bicyclic) bond motifs is 1. The van der Waals surface area contributed by atoms with Crippen LogP contribution >= 0.6 is 0 Å². The van der Waals surface area contributed by atoms with Gasteiger partial charge in [0.15, 0.2) is 0 Å². The Morgan fingerprint density at radius 2 is 1.95 bits per heavy atom. The fourth-order valence-corrected chi connectivity index (χ4v) is 3.36. The maximum absolute atomic E-state index is 12.3. The lowest BCUT2D eigenvalue weighted by molar-refractivity contribution is -0.131. The van der Waals surface area contributed by atoms with Crippen LogP contribution in [0.5, 0.6) is 0 Å². The van der Waals surface area contributed by atoms with E-state index in [-0.39, 0.29) is 11.8 Å². The Kier molecular flexibility index (Phi) is 3.73. The van der Waals surface area contributed by atoms with Crippen molar-refractivity contribution < 1.29 is 14.7 Å². The molecule has 0 saturated heterocycles. The number of rotatable bonds is 4. The predicted octanol–water partition coefficient (Wildman–Crippen LogP) is 2.55. The van der Waals surface area contributed by atoms with Gasteiger partial charge in [0.25, 0.3) is 0 Å². The van der Waals surface area contributed by atoms with E-state index in [4.69, 9.17) is 5.11 Å². The molecule has 1 heterocycles. The van der Waals surface area contributed by atoms with E-state index < -0.39 is 5.97 Å². The van der Waals surface area contributed by atoms with Gasteiger partial charge in [0, 0.05) is 12.0 Å². The summed E-state index contributed by atoms with van der Waals surface area (Å²) in [5, 5.41) is 11.5. The van der Waals surface area contributed by atoms with Gasteiger partial charge in [0.05, 0.1) is 5.69 Å². The molecule has 110 valence electrons. The zero-order valence-electron chi connectivity index (χ0n) is 11.7. The highest BCUT2D eigenvalue weighted by Crippen LogP contribution is 2.55. The summed E-state index contributed by atoms with van der Waals surface area (Å²) in [6, 6.07) is 5.18. The third kappa shape index (κ3) is 3.12. The van der Waals surface area contributed by atoms with Gasteiger partial charge in [0.1, 0.15) is 5.82 Å². The van der Waals surface area contributed by atoms with Gasteiger partial charge in [-0.05, 0) is 42.9 Å². The van der Waals surface area contributed by atoms with Crippen LogP contribution in [0.25, 0.3) is 6.08 Å². The van der Waals surface area contributed by atoms with Crippen LogP contribution in [0.3, 0.4) is 0 Å². The van der Waals surface area contributed by atoms with Crippen LogP contribution in [0.1, 0.15) is 31.4 Å². The third-order valence-electron chi connectivity index (χ3n) is 4.38. The predicted molar refractivity (Wildman–Crippen MR) is 78.5 cm³/mol. The number of nitrogens with zero attached hydrogens (tertiary/aromatic N) is 1. The molecule has 0 aromatic carbocycles. The maximum atomic E-state index is 12.3. The van der Waals surface area contributed by atoms with Crippen LogP contribution in [0.2, 0.25) is 0 Å². The minimum absolute atomic E-state index is 0.0544. The molecular formula is C16H18N2O3.